The van der Waals surface area contributed by atoms with Crippen molar-refractivity contribution in [3.05, 3.63) is 0 Å². The van der Waals surface area contributed by atoms with E-state index < -0.39 is 0 Å². The highest BCUT2D eigenvalue weighted by atomic mass is 15.4. The fourth-order valence-corrected chi connectivity index (χ4v) is 2.31. The summed E-state index contributed by atoms with van der Waals surface area (Å²) in [5.41, 5.74) is 0. The Balaban J connectivity index is 2.49. The lowest BCUT2D eigenvalue weighted by Gasteiger charge is -2.40. The molecule has 1 aliphatic heterocycles. The summed E-state index contributed by atoms with van der Waals surface area (Å²) < 4.78 is 0. The van der Waals surface area contributed by atoms with Crippen molar-refractivity contribution in [2.24, 2.45) is 0 Å². The smallest absolute Gasteiger partial charge is 0.0620 e. The summed E-state index contributed by atoms with van der Waals surface area (Å²) in [6.07, 6.45) is 1.86. The van der Waals surface area contributed by atoms with Gasteiger partial charge in [-0.2, -0.15) is 0 Å². The molecule has 0 amide bonds. The van der Waals surface area contributed by atoms with Crippen LogP contribution in [-0.4, -0.2) is 55.2 Å². The summed E-state index contributed by atoms with van der Waals surface area (Å²) in [5.74, 6) is 0. The molecule has 14 heavy (non-hydrogen) atoms. The minimum absolute atomic E-state index is 0.639. The van der Waals surface area contributed by atoms with Crippen LogP contribution in [0.1, 0.15) is 27.2 Å². The number of nitrogens with zero attached hydrogens (tertiary/aromatic N) is 3. The van der Waals surface area contributed by atoms with E-state index in [0.717, 1.165) is 39.3 Å². The lowest BCUT2D eigenvalue weighted by atomic mass is 10.2. The molecule has 0 saturated carbocycles. The summed E-state index contributed by atoms with van der Waals surface area (Å²) in [6.45, 7) is 13.4. The van der Waals surface area contributed by atoms with Gasteiger partial charge in [0.15, 0.2) is 0 Å². The molecule has 0 spiro atoms. The second kappa shape index (κ2) is 6.38. The van der Waals surface area contributed by atoms with Crippen LogP contribution in [0.4, 0.5) is 0 Å². The van der Waals surface area contributed by atoms with Crippen LogP contribution >= 0.6 is 0 Å². The molecule has 0 aromatic heterocycles. The van der Waals surface area contributed by atoms with Crippen molar-refractivity contribution >= 4 is 0 Å². The van der Waals surface area contributed by atoms with Gasteiger partial charge in [-0.3, -0.25) is 9.80 Å². The molecule has 0 bridgehead atoms. The molecule has 0 N–H and O–H groups in total. The standard InChI is InChI=1S/C11H24N3/c1-4-11(13(5-2)6-3)14-9-7-12-8-10-14/h11H,4-10H2,1-3H3. The minimum atomic E-state index is 0.639. The van der Waals surface area contributed by atoms with Gasteiger partial charge in [-0.25, -0.2) is 5.32 Å². The number of hydrogen-bond donors (Lipinski definition) is 0. The van der Waals surface area contributed by atoms with Crippen LogP contribution in [0.5, 0.6) is 0 Å². The maximum atomic E-state index is 4.39. The van der Waals surface area contributed by atoms with Gasteiger partial charge in [0.25, 0.3) is 0 Å². The lowest BCUT2D eigenvalue weighted by molar-refractivity contribution is 0.0368. The van der Waals surface area contributed by atoms with Crippen LogP contribution in [0.2, 0.25) is 0 Å². The third-order valence-corrected chi connectivity index (χ3v) is 3.11. The topological polar surface area (TPSA) is 20.6 Å². The second-order valence-corrected chi connectivity index (χ2v) is 3.82. The van der Waals surface area contributed by atoms with Crippen LogP contribution in [0.3, 0.4) is 0 Å². The lowest BCUT2D eigenvalue weighted by Crippen LogP contribution is -2.53. The van der Waals surface area contributed by atoms with Gasteiger partial charge in [0.2, 0.25) is 0 Å². The summed E-state index contributed by atoms with van der Waals surface area (Å²) in [5, 5.41) is 4.39. The molecular formula is C11H24N3. The molecule has 3 nitrogen and oxygen atoms in total. The average Bonchev–Trinajstić information content (AvgIpc) is 2.27. The van der Waals surface area contributed by atoms with Crippen LogP contribution in [0, 0.1) is 0 Å². The molecule has 3 heteroatoms. The van der Waals surface area contributed by atoms with Crippen LogP contribution in [0.25, 0.3) is 0 Å². The molecule has 1 saturated heterocycles. The zero-order valence-electron chi connectivity index (χ0n) is 9.87. The van der Waals surface area contributed by atoms with Gasteiger partial charge in [0, 0.05) is 26.2 Å². The molecule has 1 rings (SSSR count). The first-order valence-electron chi connectivity index (χ1n) is 5.94. The van der Waals surface area contributed by atoms with Gasteiger partial charge < -0.3 is 0 Å². The third kappa shape index (κ3) is 2.94. The van der Waals surface area contributed by atoms with E-state index in [-0.39, 0.29) is 0 Å². The van der Waals surface area contributed by atoms with E-state index in [9.17, 15) is 0 Å². The van der Waals surface area contributed by atoms with E-state index in [0.29, 0.717) is 6.17 Å². The van der Waals surface area contributed by atoms with Crippen molar-refractivity contribution in [3.63, 3.8) is 0 Å². The molecular weight excluding hydrogens is 174 g/mol. The number of hydrogen-bond acceptors (Lipinski definition) is 2. The maximum Gasteiger partial charge on any atom is 0.0620 e. The summed E-state index contributed by atoms with van der Waals surface area (Å²) >= 11 is 0. The Morgan fingerprint density at radius 1 is 1.14 bits per heavy atom. The maximum absolute atomic E-state index is 4.39. The molecule has 0 aromatic rings. The van der Waals surface area contributed by atoms with Crippen molar-refractivity contribution in [2.75, 3.05) is 39.3 Å². The fourth-order valence-electron chi connectivity index (χ4n) is 2.31. The average molecular weight is 198 g/mol. The first-order valence-corrected chi connectivity index (χ1v) is 5.94. The van der Waals surface area contributed by atoms with Gasteiger partial charge in [0.05, 0.1) is 6.17 Å². The third-order valence-electron chi connectivity index (χ3n) is 3.11. The van der Waals surface area contributed by atoms with Crippen molar-refractivity contribution in [3.8, 4) is 0 Å². The molecule has 83 valence electrons. The van der Waals surface area contributed by atoms with E-state index in [1.54, 1.807) is 0 Å². The normalized spacial score (nSPS) is 21.4. The van der Waals surface area contributed by atoms with E-state index in [2.05, 4.69) is 35.9 Å². The van der Waals surface area contributed by atoms with Crippen LogP contribution < -0.4 is 5.32 Å². The van der Waals surface area contributed by atoms with Crippen LogP contribution in [-0.2, 0) is 0 Å². The van der Waals surface area contributed by atoms with Crippen molar-refractivity contribution in [1.29, 1.82) is 0 Å². The van der Waals surface area contributed by atoms with Gasteiger partial charge in [-0.15, -0.1) is 0 Å². The van der Waals surface area contributed by atoms with Crippen molar-refractivity contribution < 1.29 is 0 Å². The Morgan fingerprint density at radius 2 is 1.71 bits per heavy atom. The Labute approximate surface area is 88.5 Å². The van der Waals surface area contributed by atoms with E-state index in [1.807, 2.05) is 0 Å². The largest absolute Gasteiger partial charge is 0.288 e. The SMILES string of the molecule is CCC(N(CC)CC)N1CC[N]CC1. The molecule has 1 aliphatic rings. The zero-order chi connectivity index (χ0) is 10.4. The highest BCUT2D eigenvalue weighted by Crippen LogP contribution is 2.10. The molecule has 1 radical (unpaired) electrons. The van der Waals surface area contributed by atoms with Crippen molar-refractivity contribution in [2.45, 2.75) is 33.4 Å². The van der Waals surface area contributed by atoms with Gasteiger partial charge in [-0.05, 0) is 19.5 Å². The van der Waals surface area contributed by atoms with Gasteiger partial charge in [0.1, 0.15) is 0 Å². The molecule has 1 unspecified atom stereocenters. The van der Waals surface area contributed by atoms with E-state index in [4.69, 9.17) is 0 Å². The Kier molecular flexibility index (Phi) is 5.45. The second-order valence-electron chi connectivity index (χ2n) is 3.82. The quantitative estimate of drug-likeness (QED) is 0.656. The highest BCUT2D eigenvalue weighted by molar-refractivity contribution is 4.75. The summed E-state index contributed by atoms with van der Waals surface area (Å²) in [4.78, 5) is 5.13. The molecule has 1 heterocycles. The fraction of sp³-hybridized carbons (Fsp3) is 1.00. The highest BCUT2D eigenvalue weighted by Gasteiger charge is 2.22. The van der Waals surface area contributed by atoms with Gasteiger partial charge >= 0.3 is 0 Å². The first-order chi connectivity index (χ1) is 6.83. The van der Waals surface area contributed by atoms with E-state index in [1.165, 1.54) is 6.42 Å². The minimum Gasteiger partial charge on any atom is -0.288 e. The molecule has 1 fully saturated rings. The number of piperazine rings is 1. The van der Waals surface area contributed by atoms with Gasteiger partial charge in [-0.1, -0.05) is 20.8 Å². The van der Waals surface area contributed by atoms with Crippen molar-refractivity contribution in [1.82, 2.24) is 15.1 Å². The summed E-state index contributed by atoms with van der Waals surface area (Å²) in [7, 11) is 0. The Bertz CT molecular complexity index is 139. The monoisotopic (exact) mass is 198 g/mol. The predicted octanol–water partition coefficient (Wildman–Crippen LogP) is 0.984. The molecule has 0 aliphatic carbocycles. The summed E-state index contributed by atoms with van der Waals surface area (Å²) in [6, 6.07) is 0. The first kappa shape index (κ1) is 12.0. The Hall–Kier alpha value is -0.120. The predicted molar refractivity (Wildman–Crippen MR) is 60.4 cm³/mol. The van der Waals surface area contributed by atoms with E-state index >= 15 is 0 Å². The molecule has 0 aromatic carbocycles. The molecule has 1 atom stereocenters. The Morgan fingerprint density at radius 3 is 2.14 bits per heavy atom. The number of rotatable bonds is 5. The van der Waals surface area contributed by atoms with Crippen LogP contribution in [0.15, 0.2) is 0 Å². The zero-order valence-corrected chi connectivity index (χ0v) is 9.87.